The third-order valence-corrected chi connectivity index (χ3v) is 2.20. The van der Waals surface area contributed by atoms with Crippen LogP contribution in [-0.2, 0) is 0 Å². The second-order valence-corrected chi connectivity index (χ2v) is 4.20. The summed E-state index contributed by atoms with van der Waals surface area (Å²) in [6, 6.07) is 1.50. The van der Waals surface area contributed by atoms with Gasteiger partial charge in [-0.2, -0.15) is 0 Å². The summed E-state index contributed by atoms with van der Waals surface area (Å²) in [5.74, 6) is 0.256. The zero-order valence-electron chi connectivity index (χ0n) is 9.75. The van der Waals surface area contributed by atoms with E-state index in [1.165, 1.54) is 12.3 Å². The van der Waals surface area contributed by atoms with Gasteiger partial charge in [0.15, 0.2) is 0 Å². The van der Waals surface area contributed by atoms with Gasteiger partial charge >= 0.3 is 5.69 Å². The Morgan fingerprint density at radius 2 is 2.24 bits per heavy atom. The number of aromatic nitrogens is 1. The molecular formula is C11H14N2O4. The molecule has 0 aromatic carbocycles. The molecule has 0 radical (unpaired) electrons. The van der Waals surface area contributed by atoms with Gasteiger partial charge in [-0.1, -0.05) is 0 Å². The lowest BCUT2D eigenvalue weighted by atomic mass is 10.3. The molecular weight excluding hydrogens is 224 g/mol. The van der Waals surface area contributed by atoms with Crippen LogP contribution in [0.3, 0.4) is 0 Å². The highest BCUT2D eigenvalue weighted by Crippen LogP contribution is 2.38. The van der Waals surface area contributed by atoms with Gasteiger partial charge in [0.1, 0.15) is 0 Å². The van der Waals surface area contributed by atoms with E-state index in [-0.39, 0.29) is 29.5 Å². The molecule has 1 fully saturated rings. The first-order valence-corrected chi connectivity index (χ1v) is 5.54. The second-order valence-electron chi connectivity index (χ2n) is 4.20. The van der Waals surface area contributed by atoms with Crippen LogP contribution in [-0.4, -0.2) is 22.1 Å². The predicted molar refractivity (Wildman–Crippen MR) is 60.3 cm³/mol. The molecule has 0 atom stereocenters. The molecule has 2 rings (SSSR count). The Hall–Kier alpha value is -1.85. The number of pyridine rings is 1. The summed E-state index contributed by atoms with van der Waals surface area (Å²) in [5.41, 5.74) is -0.187. The van der Waals surface area contributed by atoms with Crippen LogP contribution in [0.5, 0.6) is 11.6 Å². The van der Waals surface area contributed by atoms with Gasteiger partial charge in [0, 0.05) is 12.3 Å². The maximum absolute atomic E-state index is 11.0. The zero-order chi connectivity index (χ0) is 12.4. The normalized spacial score (nSPS) is 14.8. The lowest BCUT2D eigenvalue weighted by molar-refractivity contribution is -0.387. The molecule has 0 unspecified atom stereocenters. The SMILES string of the molecule is CC(C)Oc1nccc(OC2CC2)c1[N+](=O)[O-]. The van der Waals surface area contributed by atoms with Gasteiger partial charge in [0.25, 0.3) is 5.88 Å². The van der Waals surface area contributed by atoms with Crippen LogP contribution >= 0.6 is 0 Å². The van der Waals surface area contributed by atoms with Crippen LogP contribution in [0.1, 0.15) is 26.7 Å². The zero-order valence-corrected chi connectivity index (χ0v) is 9.75. The highest BCUT2D eigenvalue weighted by atomic mass is 16.6. The molecule has 1 aliphatic rings. The summed E-state index contributed by atoms with van der Waals surface area (Å²) in [6.07, 6.45) is 3.28. The Morgan fingerprint density at radius 1 is 1.53 bits per heavy atom. The summed E-state index contributed by atoms with van der Waals surface area (Å²) in [5, 5.41) is 11.0. The van der Waals surface area contributed by atoms with E-state index < -0.39 is 4.92 Å². The van der Waals surface area contributed by atoms with Crippen molar-refractivity contribution in [1.29, 1.82) is 0 Å². The van der Waals surface area contributed by atoms with Crippen LogP contribution in [0.2, 0.25) is 0 Å². The third-order valence-electron chi connectivity index (χ3n) is 2.20. The summed E-state index contributed by atoms with van der Waals surface area (Å²) in [7, 11) is 0. The summed E-state index contributed by atoms with van der Waals surface area (Å²) >= 11 is 0. The summed E-state index contributed by atoms with van der Waals surface area (Å²) in [4.78, 5) is 14.4. The minimum atomic E-state index is -0.511. The molecule has 1 saturated carbocycles. The number of nitro groups is 1. The van der Waals surface area contributed by atoms with Crippen molar-refractivity contribution in [2.75, 3.05) is 0 Å². The van der Waals surface area contributed by atoms with Crippen molar-refractivity contribution in [2.45, 2.75) is 38.9 Å². The van der Waals surface area contributed by atoms with E-state index in [9.17, 15) is 10.1 Å². The fraction of sp³-hybridized carbons (Fsp3) is 0.545. The fourth-order valence-electron chi connectivity index (χ4n) is 1.36. The molecule has 1 heterocycles. The molecule has 6 nitrogen and oxygen atoms in total. The van der Waals surface area contributed by atoms with E-state index in [4.69, 9.17) is 9.47 Å². The molecule has 0 bridgehead atoms. The number of nitrogens with zero attached hydrogens (tertiary/aromatic N) is 2. The predicted octanol–water partition coefficient (Wildman–Crippen LogP) is 2.32. The van der Waals surface area contributed by atoms with E-state index in [0.29, 0.717) is 0 Å². The van der Waals surface area contributed by atoms with E-state index in [1.807, 2.05) is 0 Å². The molecule has 1 aromatic heterocycles. The van der Waals surface area contributed by atoms with Crippen LogP contribution in [0.25, 0.3) is 0 Å². The monoisotopic (exact) mass is 238 g/mol. The summed E-state index contributed by atoms with van der Waals surface area (Å²) in [6.45, 7) is 3.58. The second kappa shape index (κ2) is 4.57. The van der Waals surface area contributed by atoms with Crippen LogP contribution < -0.4 is 9.47 Å². The molecule has 0 spiro atoms. The lowest BCUT2D eigenvalue weighted by Crippen LogP contribution is -2.10. The van der Waals surface area contributed by atoms with Gasteiger partial charge in [-0.05, 0) is 26.7 Å². The van der Waals surface area contributed by atoms with Crippen LogP contribution in [0.4, 0.5) is 5.69 Å². The largest absolute Gasteiger partial charge is 0.483 e. The minimum Gasteiger partial charge on any atom is -0.483 e. The number of hydrogen-bond acceptors (Lipinski definition) is 5. The Morgan fingerprint density at radius 3 is 2.76 bits per heavy atom. The van der Waals surface area contributed by atoms with Crippen molar-refractivity contribution in [2.24, 2.45) is 0 Å². The standard InChI is InChI=1S/C11H14N2O4/c1-7(2)16-11-10(13(14)15)9(5-6-12-11)17-8-3-4-8/h5-8H,3-4H2,1-2H3. The molecule has 0 N–H and O–H groups in total. The number of ether oxygens (including phenoxy) is 2. The third kappa shape index (κ3) is 2.83. The van der Waals surface area contributed by atoms with Gasteiger partial charge in [0.2, 0.25) is 5.75 Å². The van der Waals surface area contributed by atoms with Crippen molar-refractivity contribution in [3.05, 3.63) is 22.4 Å². The van der Waals surface area contributed by atoms with Crippen molar-refractivity contribution >= 4 is 5.69 Å². The fourth-order valence-corrected chi connectivity index (χ4v) is 1.36. The van der Waals surface area contributed by atoms with Gasteiger partial charge in [-0.3, -0.25) is 10.1 Å². The summed E-state index contributed by atoms with van der Waals surface area (Å²) < 4.78 is 10.8. The van der Waals surface area contributed by atoms with E-state index in [2.05, 4.69) is 4.98 Å². The smallest absolute Gasteiger partial charge is 0.372 e. The minimum absolute atomic E-state index is 0.0168. The molecule has 92 valence electrons. The Labute approximate surface area is 98.7 Å². The maximum Gasteiger partial charge on any atom is 0.372 e. The van der Waals surface area contributed by atoms with E-state index >= 15 is 0 Å². The lowest BCUT2D eigenvalue weighted by Gasteiger charge is -2.11. The molecule has 6 heteroatoms. The van der Waals surface area contributed by atoms with E-state index in [1.54, 1.807) is 13.8 Å². The quantitative estimate of drug-likeness (QED) is 0.581. The van der Waals surface area contributed by atoms with Gasteiger partial charge in [-0.25, -0.2) is 4.98 Å². The molecule has 1 aromatic rings. The van der Waals surface area contributed by atoms with E-state index in [0.717, 1.165) is 12.8 Å². The van der Waals surface area contributed by atoms with Gasteiger partial charge < -0.3 is 9.47 Å². The van der Waals surface area contributed by atoms with Gasteiger partial charge in [0.05, 0.1) is 17.1 Å². The van der Waals surface area contributed by atoms with Crippen molar-refractivity contribution in [3.8, 4) is 11.6 Å². The van der Waals surface area contributed by atoms with Gasteiger partial charge in [-0.15, -0.1) is 0 Å². The molecule has 17 heavy (non-hydrogen) atoms. The first kappa shape index (κ1) is 11.6. The molecule has 1 aliphatic carbocycles. The maximum atomic E-state index is 11.0. The highest BCUT2D eigenvalue weighted by molar-refractivity contribution is 5.53. The molecule has 0 aliphatic heterocycles. The van der Waals surface area contributed by atoms with Crippen molar-refractivity contribution in [1.82, 2.24) is 4.98 Å². The topological polar surface area (TPSA) is 74.5 Å². The first-order valence-electron chi connectivity index (χ1n) is 5.54. The Balaban J connectivity index is 2.32. The van der Waals surface area contributed by atoms with Crippen molar-refractivity contribution < 1.29 is 14.4 Å². The average molecular weight is 238 g/mol. The average Bonchev–Trinajstić information content (AvgIpc) is 3.00. The molecule has 0 amide bonds. The Bertz CT molecular complexity index is 407. The van der Waals surface area contributed by atoms with Crippen molar-refractivity contribution in [3.63, 3.8) is 0 Å². The highest BCUT2D eigenvalue weighted by Gasteiger charge is 2.30. The number of hydrogen-bond donors (Lipinski definition) is 0. The molecule has 0 saturated heterocycles. The van der Waals surface area contributed by atoms with Crippen LogP contribution in [0.15, 0.2) is 12.3 Å². The Kier molecular flexibility index (Phi) is 3.12. The number of rotatable bonds is 5. The van der Waals surface area contributed by atoms with Crippen LogP contribution in [0, 0.1) is 10.1 Å². The first-order chi connectivity index (χ1) is 8.08.